The van der Waals surface area contributed by atoms with Crippen molar-refractivity contribution in [1.82, 2.24) is 0 Å². The summed E-state index contributed by atoms with van der Waals surface area (Å²) < 4.78 is 2.69. The quantitative estimate of drug-likeness (QED) is 0.162. The second kappa shape index (κ2) is 13.8. The van der Waals surface area contributed by atoms with Crippen molar-refractivity contribution < 1.29 is 0 Å². The summed E-state index contributed by atoms with van der Waals surface area (Å²) in [5.41, 5.74) is 21.5. The molecule has 0 saturated heterocycles. The highest BCUT2D eigenvalue weighted by molar-refractivity contribution is 7.26. The Morgan fingerprint density at radius 2 is 0.823 bits per heavy atom. The maximum Gasteiger partial charge on any atom is 0.0465 e. The Bertz CT molecular complexity index is 3370. The average Bonchev–Trinajstić information content (AvgIpc) is 3.88. The highest BCUT2D eigenvalue weighted by Crippen LogP contribution is 2.58. The molecule has 62 heavy (non-hydrogen) atoms. The van der Waals surface area contributed by atoms with Gasteiger partial charge in [-0.05, 0) is 126 Å². The minimum atomic E-state index is -0.225. The Kier molecular flexibility index (Phi) is 8.17. The van der Waals surface area contributed by atoms with Crippen molar-refractivity contribution >= 4 is 48.6 Å². The molecule has 0 aliphatic heterocycles. The van der Waals surface area contributed by atoms with Crippen LogP contribution in [-0.4, -0.2) is 0 Å². The lowest BCUT2D eigenvalue weighted by Gasteiger charge is -2.30. The molecule has 0 spiro atoms. The van der Waals surface area contributed by atoms with Gasteiger partial charge in [-0.1, -0.05) is 179 Å². The van der Waals surface area contributed by atoms with Gasteiger partial charge in [0.15, 0.2) is 0 Å². The summed E-state index contributed by atoms with van der Waals surface area (Å²) in [4.78, 5) is 2.48. The van der Waals surface area contributed by atoms with Crippen LogP contribution in [0.1, 0.15) is 49.9 Å². The number of thiophene rings is 1. The second-order valence-electron chi connectivity index (χ2n) is 18.1. The topological polar surface area (TPSA) is 3.24 Å². The molecule has 1 nitrogen and oxygen atoms in total. The van der Waals surface area contributed by atoms with E-state index >= 15 is 0 Å². The number of hydrogen-bond acceptors (Lipinski definition) is 2. The van der Waals surface area contributed by atoms with Crippen molar-refractivity contribution in [3.05, 3.63) is 222 Å². The molecule has 2 aliphatic carbocycles. The van der Waals surface area contributed by atoms with E-state index in [0.717, 1.165) is 17.1 Å². The number of rotatable bonds is 6. The summed E-state index contributed by atoms with van der Waals surface area (Å²) >= 11 is 1.91. The maximum atomic E-state index is 2.50. The molecule has 0 bridgehead atoms. The van der Waals surface area contributed by atoms with Gasteiger partial charge in [0, 0.05) is 48.1 Å². The Hall–Kier alpha value is -7.00. The number of fused-ring (bicyclic) bond motifs is 9. The molecule has 296 valence electrons. The normalized spacial score (nSPS) is 14.1. The molecule has 0 atom stereocenters. The first-order chi connectivity index (χ1) is 30.3. The van der Waals surface area contributed by atoms with Crippen molar-refractivity contribution in [3.8, 4) is 55.6 Å². The van der Waals surface area contributed by atoms with E-state index in [2.05, 4.69) is 233 Å². The zero-order valence-electron chi connectivity index (χ0n) is 35.4. The first-order valence-electron chi connectivity index (χ1n) is 21.8. The first-order valence-corrected chi connectivity index (χ1v) is 22.6. The molecule has 0 saturated carbocycles. The smallest absolute Gasteiger partial charge is 0.0465 e. The molecule has 12 rings (SSSR count). The fraction of sp³-hybridized carbons (Fsp3) is 0.100. The fourth-order valence-corrected chi connectivity index (χ4v) is 11.8. The van der Waals surface area contributed by atoms with E-state index in [0.29, 0.717) is 0 Å². The van der Waals surface area contributed by atoms with Gasteiger partial charge in [-0.25, -0.2) is 0 Å². The monoisotopic (exact) mass is 811 g/mol. The predicted octanol–water partition coefficient (Wildman–Crippen LogP) is 17.1. The number of anilines is 3. The van der Waals surface area contributed by atoms with E-state index in [4.69, 9.17) is 0 Å². The first kappa shape index (κ1) is 36.8. The van der Waals surface area contributed by atoms with Gasteiger partial charge in [-0.2, -0.15) is 0 Å². The standard InChI is InChI=1S/C60H45NS/c1-59(2)50-21-13-11-19-46(50)47-33-31-44(35-51(47)59)61(43-29-27-41(28-30-43)40-25-23-39(24-26-40)38-15-7-5-8-16-38)45-32-34-48-52(36-45)60(3,4)53-37-55-58(49-20-12-14-22-54(49)62-55)56(57(48)53)42-17-9-6-10-18-42/h5-37H,1-4H3. The van der Waals surface area contributed by atoms with Gasteiger partial charge in [0.1, 0.15) is 0 Å². The van der Waals surface area contributed by atoms with Crippen molar-refractivity contribution in [3.63, 3.8) is 0 Å². The van der Waals surface area contributed by atoms with Gasteiger partial charge in [-0.15, -0.1) is 11.3 Å². The van der Waals surface area contributed by atoms with Crippen LogP contribution in [0.5, 0.6) is 0 Å². The van der Waals surface area contributed by atoms with Crippen LogP contribution in [0.2, 0.25) is 0 Å². The van der Waals surface area contributed by atoms with Crippen LogP contribution < -0.4 is 4.90 Å². The number of hydrogen-bond donors (Lipinski definition) is 0. The molecule has 0 radical (unpaired) electrons. The summed E-state index contributed by atoms with van der Waals surface area (Å²) in [6, 6.07) is 74.5. The summed E-state index contributed by atoms with van der Waals surface area (Å²) in [6.07, 6.45) is 0. The molecule has 0 N–H and O–H groups in total. The largest absolute Gasteiger partial charge is 0.310 e. The summed E-state index contributed by atoms with van der Waals surface area (Å²) in [5.74, 6) is 0. The summed E-state index contributed by atoms with van der Waals surface area (Å²) in [6.45, 7) is 9.59. The zero-order valence-corrected chi connectivity index (χ0v) is 36.2. The van der Waals surface area contributed by atoms with Crippen molar-refractivity contribution in [2.45, 2.75) is 38.5 Å². The van der Waals surface area contributed by atoms with Gasteiger partial charge >= 0.3 is 0 Å². The minimum Gasteiger partial charge on any atom is -0.310 e. The molecule has 1 aromatic heterocycles. The van der Waals surface area contributed by atoms with Crippen LogP contribution in [0.15, 0.2) is 200 Å². The van der Waals surface area contributed by atoms with Crippen molar-refractivity contribution in [1.29, 1.82) is 0 Å². The minimum absolute atomic E-state index is 0.115. The zero-order chi connectivity index (χ0) is 41.7. The van der Waals surface area contributed by atoms with Crippen LogP contribution in [-0.2, 0) is 10.8 Å². The van der Waals surface area contributed by atoms with Crippen LogP contribution >= 0.6 is 11.3 Å². The van der Waals surface area contributed by atoms with Gasteiger partial charge in [0.25, 0.3) is 0 Å². The highest BCUT2D eigenvalue weighted by atomic mass is 32.1. The SMILES string of the molecule is CC1(C)c2ccccc2-c2ccc(N(c3ccc(-c4ccc(-c5ccccc5)cc4)cc3)c3ccc4c(c3)C(C)(C)c3cc5sc6ccccc6c5c(-c5ccccc5)c3-4)cc21. The van der Waals surface area contributed by atoms with E-state index in [9.17, 15) is 0 Å². The lowest BCUT2D eigenvalue weighted by Crippen LogP contribution is -2.18. The fourth-order valence-electron chi connectivity index (χ4n) is 10.7. The van der Waals surface area contributed by atoms with Crippen LogP contribution in [0, 0.1) is 0 Å². The molecule has 2 heteroatoms. The predicted molar refractivity (Wildman–Crippen MR) is 265 cm³/mol. The molecular weight excluding hydrogens is 767 g/mol. The van der Waals surface area contributed by atoms with Gasteiger partial charge in [-0.3, -0.25) is 0 Å². The molecule has 2 aliphatic rings. The third-order valence-corrected chi connectivity index (χ3v) is 15.0. The Balaban J connectivity index is 1.02. The third kappa shape index (κ3) is 5.53. The molecule has 10 aromatic rings. The lowest BCUT2D eigenvalue weighted by molar-refractivity contribution is 0.660. The van der Waals surface area contributed by atoms with Gasteiger partial charge in [0.2, 0.25) is 0 Å². The Morgan fingerprint density at radius 1 is 0.339 bits per heavy atom. The van der Waals surface area contributed by atoms with Gasteiger partial charge < -0.3 is 4.90 Å². The van der Waals surface area contributed by atoms with Crippen molar-refractivity contribution in [2.24, 2.45) is 0 Å². The molecule has 9 aromatic carbocycles. The third-order valence-electron chi connectivity index (χ3n) is 13.9. The van der Waals surface area contributed by atoms with E-state index < -0.39 is 0 Å². The van der Waals surface area contributed by atoms with E-state index in [1.165, 1.54) is 98.1 Å². The maximum absolute atomic E-state index is 2.50. The Morgan fingerprint density at radius 3 is 1.50 bits per heavy atom. The van der Waals surface area contributed by atoms with Crippen LogP contribution in [0.4, 0.5) is 17.1 Å². The lowest BCUT2D eigenvalue weighted by atomic mass is 9.81. The summed E-state index contributed by atoms with van der Waals surface area (Å²) in [7, 11) is 0. The molecule has 1 heterocycles. The molecule has 0 amide bonds. The number of nitrogens with zero attached hydrogens (tertiary/aromatic N) is 1. The van der Waals surface area contributed by atoms with E-state index in [1.807, 2.05) is 11.3 Å². The Labute approximate surface area is 368 Å². The second-order valence-corrected chi connectivity index (χ2v) is 19.2. The van der Waals surface area contributed by atoms with E-state index in [1.54, 1.807) is 0 Å². The highest BCUT2D eigenvalue weighted by Gasteiger charge is 2.40. The molecule has 0 fully saturated rings. The summed E-state index contributed by atoms with van der Waals surface area (Å²) in [5, 5.41) is 2.70. The van der Waals surface area contributed by atoms with Crippen molar-refractivity contribution in [2.75, 3.05) is 4.90 Å². The molecular formula is C60H45NS. The van der Waals surface area contributed by atoms with Gasteiger partial charge in [0.05, 0.1) is 0 Å². The average molecular weight is 812 g/mol. The number of benzene rings is 9. The van der Waals surface area contributed by atoms with Crippen LogP contribution in [0.3, 0.4) is 0 Å². The van der Waals surface area contributed by atoms with Crippen LogP contribution in [0.25, 0.3) is 75.8 Å². The molecule has 0 unspecified atom stereocenters. The van der Waals surface area contributed by atoms with E-state index in [-0.39, 0.29) is 10.8 Å².